The highest BCUT2D eigenvalue weighted by molar-refractivity contribution is 6.04. The van der Waals surface area contributed by atoms with E-state index in [9.17, 15) is 20.2 Å². The van der Waals surface area contributed by atoms with Crippen molar-refractivity contribution in [3.8, 4) is 28.7 Å². The lowest BCUT2D eigenvalue weighted by Crippen LogP contribution is -2.21. The molecule has 0 bridgehead atoms. The van der Waals surface area contributed by atoms with E-state index in [1.54, 1.807) is 6.07 Å². The molecule has 2 rings (SSSR count). The molecule has 0 aliphatic carbocycles. The molecule has 29 heavy (non-hydrogen) atoms. The van der Waals surface area contributed by atoms with Crippen LogP contribution >= 0.6 is 0 Å². The summed E-state index contributed by atoms with van der Waals surface area (Å²) in [4.78, 5) is 21.1. The first-order chi connectivity index (χ1) is 13.8. The van der Waals surface area contributed by atoms with Crippen molar-refractivity contribution in [3.63, 3.8) is 0 Å². The zero-order valence-electron chi connectivity index (χ0n) is 16.7. The Morgan fingerprint density at radius 1 is 0.724 bits per heavy atom. The first kappa shape index (κ1) is 21.8. The number of rotatable bonds is 10. The van der Waals surface area contributed by atoms with Crippen LogP contribution in [0.4, 0.5) is 0 Å². The zero-order chi connectivity index (χ0) is 21.7. The number of methoxy groups -OCH3 is 5. The normalized spacial score (nSPS) is 10.7. The van der Waals surface area contributed by atoms with Crippen LogP contribution in [0.2, 0.25) is 0 Å². The molecule has 0 aromatic heterocycles. The standard InChI is InChI=1S/C18H22N2O9/c1-25-12-6-11(10(8-19(21)22)9-20(23)24)17(28-4)15-13(26-2)7-14(27-3)18(29-5)16(12)15/h6-7,10H,8-9H2,1-5H3. The second-order valence-electron chi connectivity index (χ2n) is 5.99. The third-order valence-corrected chi connectivity index (χ3v) is 4.48. The van der Waals surface area contributed by atoms with Gasteiger partial charge < -0.3 is 23.7 Å². The summed E-state index contributed by atoms with van der Waals surface area (Å²) in [7, 11) is 7.13. The van der Waals surface area contributed by atoms with E-state index in [1.165, 1.54) is 41.6 Å². The predicted molar refractivity (Wildman–Crippen MR) is 103 cm³/mol. The smallest absolute Gasteiger partial charge is 0.217 e. The van der Waals surface area contributed by atoms with Crippen LogP contribution in [-0.4, -0.2) is 58.5 Å². The summed E-state index contributed by atoms with van der Waals surface area (Å²) in [6.07, 6.45) is 0. The minimum atomic E-state index is -1.05. The number of benzene rings is 2. The van der Waals surface area contributed by atoms with E-state index >= 15 is 0 Å². The number of nitrogens with zero attached hydrogens (tertiary/aromatic N) is 2. The van der Waals surface area contributed by atoms with Gasteiger partial charge in [-0.1, -0.05) is 0 Å². The fraction of sp³-hybridized carbons (Fsp3) is 0.444. The van der Waals surface area contributed by atoms with Gasteiger partial charge in [-0.05, 0) is 6.07 Å². The Kier molecular flexibility index (Phi) is 6.86. The molecular formula is C18H22N2O9. The molecule has 0 fully saturated rings. The maximum Gasteiger partial charge on any atom is 0.217 e. The third-order valence-electron chi connectivity index (χ3n) is 4.48. The molecule has 11 nitrogen and oxygen atoms in total. The van der Waals surface area contributed by atoms with Crippen LogP contribution in [0.15, 0.2) is 12.1 Å². The maximum atomic E-state index is 11.1. The topological polar surface area (TPSA) is 132 Å². The van der Waals surface area contributed by atoms with Crippen LogP contribution in [0, 0.1) is 20.2 Å². The van der Waals surface area contributed by atoms with Crippen molar-refractivity contribution in [2.45, 2.75) is 5.92 Å². The quantitative estimate of drug-likeness (QED) is 0.428. The van der Waals surface area contributed by atoms with Gasteiger partial charge in [0.15, 0.2) is 11.5 Å². The molecular weight excluding hydrogens is 388 g/mol. The molecule has 0 spiro atoms. The first-order valence-electron chi connectivity index (χ1n) is 8.43. The highest BCUT2D eigenvalue weighted by atomic mass is 16.6. The summed E-state index contributed by atoms with van der Waals surface area (Å²) < 4.78 is 27.3. The summed E-state index contributed by atoms with van der Waals surface area (Å²) in [5.74, 6) is 0.470. The molecule has 0 unspecified atom stereocenters. The molecule has 0 radical (unpaired) electrons. The van der Waals surface area contributed by atoms with Gasteiger partial charge in [0.25, 0.3) is 0 Å². The van der Waals surface area contributed by atoms with Crippen molar-refractivity contribution in [2.24, 2.45) is 0 Å². The van der Waals surface area contributed by atoms with Gasteiger partial charge in [0.05, 0.1) is 46.3 Å². The summed E-state index contributed by atoms with van der Waals surface area (Å²) in [5, 5.41) is 23.1. The Morgan fingerprint density at radius 3 is 1.59 bits per heavy atom. The zero-order valence-corrected chi connectivity index (χ0v) is 16.7. The second-order valence-corrected chi connectivity index (χ2v) is 5.99. The molecule has 0 saturated carbocycles. The van der Waals surface area contributed by atoms with Gasteiger partial charge in [-0.2, -0.15) is 0 Å². The monoisotopic (exact) mass is 410 g/mol. The Bertz CT molecular complexity index is 914. The molecule has 0 amide bonds. The molecule has 0 N–H and O–H groups in total. The minimum Gasteiger partial charge on any atom is -0.496 e. The van der Waals surface area contributed by atoms with Crippen molar-refractivity contribution in [1.82, 2.24) is 0 Å². The molecule has 0 saturated heterocycles. The average molecular weight is 410 g/mol. The lowest BCUT2D eigenvalue weighted by atomic mass is 9.93. The van der Waals surface area contributed by atoms with E-state index in [-0.39, 0.29) is 17.1 Å². The molecule has 0 heterocycles. The highest BCUT2D eigenvalue weighted by Gasteiger charge is 2.32. The maximum absolute atomic E-state index is 11.1. The summed E-state index contributed by atoms with van der Waals surface area (Å²) in [6.45, 7) is -1.30. The SMILES string of the molecule is COc1cc(OC)c2c(OC)c(C(C[N+](=O)[O-])C[N+](=O)[O-])cc(OC)c2c1OC. The van der Waals surface area contributed by atoms with Gasteiger partial charge in [0.2, 0.25) is 13.1 Å². The van der Waals surface area contributed by atoms with Crippen LogP contribution in [0.3, 0.4) is 0 Å². The van der Waals surface area contributed by atoms with Crippen LogP contribution in [0.25, 0.3) is 10.8 Å². The highest BCUT2D eigenvalue weighted by Crippen LogP contribution is 2.51. The molecule has 0 atom stereocenters. The van der Waals surface area contributed by atoms with Crippen LogP contribution in [0.1, 0.15) is 11.5 Å². The Balaban J connectivity index is 2.99. The molecule has 11 heteroatoms. The predicted octanol–water partition coefficient (Wildman–Crippen LogP) is 2.52. The lowest BCUT2D eigenvalue weighted by Gasteiger charge is -2.22. The number of hydrogen-bond donors (Lipinski definition) is 0. The van der Waals surface area contributed by atoms with Crippen molar-refractivity contribution in [3.05, 3.63) is 37.9 Å². The van der Waals surface area contributed by atoms with E-state index < -0.39 is 28.9 Å². The number of hydrogen-bond acceptors (Lipinski definition) is 9. The first-order valence-corrected chi connectivity index (χ1v) is 8.43. The van der Waals surface area contributed by atoms with E-state index in [0.717, 1.165) is 0 Å². The van der Waals surface area contributed by atoms with E-state index in [0.29, 0.717) is 28.0 Å². The summed E-state index contributed by atoms with van der Waals surface area (Å²) in [6, 6.07) is 3.06. The van der Waals surface area contributed by atoms with Gasteiger partial charge in [0.1, 0.15) is 23.2 Å². The Labute approximate surface area is 166 Å². The van der Waals surface area contributed by atoms with Gasteiger partial charge in [-0.25, -0.2) is 0 Å². The molecule has 2 aromatic rings. The van der Waals surface area contributed by atoms with E-state index in [4.69, 9.17) is 23.7 Å². The van der Waals surface area contributed by atoms with Crippen molar-refractivity contribution < 1.29 is 33.5 Å². The van der Waals surface area contributed by atoms with E-state index in [1.807, 2.05) is 0 Å². The second kappa shape index (κ2) is 9.13. The summed E-state index contributed by atoms with van der Waals surface area (Å²) in [5.41, 5.74) is 0.260. The molecule has 0 aliphatic heterocycles. The van der Waals surface area contributed by atoms with Crippen molar-refractivity contribution in [2.75, 3.05) is 48.6 Å². The molecule has 0 aliphatic rings. The van der Waals surface area contributed by atoms with Crippen molar-refractivity contribution >= 4 is 10.8 Å². The molecule has 158 valence electrons. The number of ether oxygens (including phenoxy) is 5. The lowest BCUT2D eigenvalue weighted by molar-refractivity contribution is -0.516. The van der Waals surface area contributed by atoms with Crippen LogP contribution in [-0.2, 0) is 0 Å². The fourth-order valence-corrected chi connectivity index (χ4v) is 3.31. The summed E-state index contributed by atoms with van der Waals surface area (Å²) >= 11 is 0. The average Bonchev–Trinajstić information content (AvgIpc) is 2.69. The number of nitro groups is 2. The van der Waals surface area contributed by atoms with Gasteiger partial charge >= 0.3 is 0 Å². The van der Waals surface area contributed by atoms with Crippen LogP contribution in [0.5, 0.6) is 28.7 Å². The van der Waals surface area contributed by atoms with Gasteiger partial charge in [-0.15, -0.1) is 0 Å². The third kappa shape index (κ3) is 4.18. The largest absolute Gasteiger partial charge is 0.496 e. The Morgan fingerprint density at radius 2 is 1.17 bits per heavy atom. The van der Waals surface area contributed by atoms with E-state index in [2.05, 4.69) is 0 Å². The Hall–Kier alpha value is -3.50. The minimum absolute atomic E-state index is 0.201. The number of fused-ring (bicyclic) bond motifs is 1. The molecule has 2 aromatic carbocycles. The van der Waals surface area contributed by atoms with Gasteiger partial charge in [0, 0.05) is 21.5 Å². The fourth-order valence-electron chi connectivity index (χ4n) is 3.31. The van der Waals surface area contributed by atoms with Crippen LogP contribution < -0.4 is 23.7 Å². The van der Waals surface area contributed by atoms with Gasteiger partial charge in [-0.3, -0.25) is 20.2 Å². The van der Waals surface area contributed by atoms with Crippen molar-refractivity contribution in [1.29, 1.82) is 0 Å².